The Balaban J connectivity index is 1.99. The van der Waals surface area contributed by atoms with Crippen LogP contribution in [0.25, 0.3) is 0 Å². The van der Waals surface area contributed by atoms with Crippen molar-refractivity contribution in [2.45, 2.75) is 48.1 Å². The molecule has 3 rings (SSSR count). The van der Waals surface area contributed by atoms with Crippen molar-refractivity contribution in [2.24, 2.45) is 0 Å². The summed E-state index contributed by atoms with van der Waals surface area (Å²) in [6.07, 6.45) is 2.87. The minimum absolute atomic E-state index is 0.0896. The molecule has 1 aliphatic rings. The highest BCUT2D eigenvalue weighted by Gasteiger charge is 2.25. The summed E-state index contributed by atoms with van der Waals surface area (Å²) in [4.78, 5) is 2.00. The molecule has 4 nitrogen and oxygen atoms in total. The Morgan fingerprint density at radius 3 is 2.59 bits per heavy atom. The number of hydrogen-bond acceptors (Lipinski definition) is 4. The highest BCUT2D eigenvalue weighted by Crippen LogP contribution is 2.33. The van der Waals surface area contributed by atoms with Crippen LogP contribution in [0.5, 0.6) is 5.75 Å². The maximum Gasteiger partial charge on any atom is 0.387 e. The molecule has 1 saturated heterocycles. The van der Waals surface area contributed by atoms with E-state index < -0.39 is 16.4 Å². The molecular weight excluding hydrogens is 396 g/mol. The van der Waals surface area contributed by atoms with E-state index in [4.69, 9.17) is 11.6 Å². The highest BCUT2D eigenvalue weighted by molar-refractivity contribution is 7.91. The monoisotopic (exact) mass is 415 g/mol. The molecule has 1 unspecified atom stereocenters. The molecular formula is C19H20ClF2NO3S. The van der Waals surface area contributed by atoms with E-state index in [9.17, 15) is 17.2 Å². The molecule has 0 bridgehead atoms. The number of anilines is 1. The maximum atomic E-state index is 13.0. The molecule has 1 atom stereocenters. The van der Waals surface area contributed by atoms with Crippen LogP contribution in [0, 0.1) is 6.92 Å². The third-order valence-electron chi connectivity index (χ3n) is 4.57. The zero-order valence-corrected chi connectivity index (χ0v) is 16.3. The number of sulfone groups is 1. The van der Waals surface area contributed by atoms with Crippen molar-refractivity contribution in [3.63, 3.8) is 0 Å². The lowest BCUT2D eigenvalue weighted by Gasteiger charge is -2.35. The van der Waals surface area contributed by atoms with Gasteiger partial charge in [-0.2, -0.15) is 8.78 Å². The molecule has 2 aromatic carbocycles. The van der Waals surface area contributed by atoms with Crippen LogP contribution < -0.4 is 9.64 Å². The minimum atomic E-state index is -3.89. The molecule has 1 heterocycles. The summed E-state index contributed by atoms with van der Waals surface area (Å²) >= 11 is 6.43. The topological polar surface area (TPSA) is 46.6 Å². The van der Waals surface area contributed by atoms with Gasteiger partial charge >= 0.3 is 6.61 Å². The molecule has 0 radical (unpaired) electrons. The molecule has 1 aliphatic heterocycles. The van der Waals surface area contributed by atoms with E-state index in [1.807, 2.05) is 11.8 Å². The summed E-state index contributed by atoms with van der Waals surface area (Å²) < 4.78 is 55.2. The van der Waals surface area contributed by atoms with Gasteiger partial charge < -0.3 is 9.64 Å². The molecule has 0 aliphatic carbocycles. The van der Waals surface area contributed by atoms with Crippen molar-refractivity contribution < 1.29 is 21.9 Å². The fraction of sp³-hybridized carbons (Fsp3) is 0.368. The predicted molar refractivity (Wildman–Crippen MR) is 101 cm³/mol. The van der Waals surface area contributed by atoms with Crippen LogP contribution in [0.15, 0.2) is 52.3 Å². The fourth-order valence-electron chi connectivity index (χ4n) is 3.18. The van der Waals surface area contributed by atoms with E-state index >= 15 is 0 Å². The Hall–Kier alpha value is -1.86. The van der Waals surface area contributed by atoms with Gasteiger partial charge in [0.1, 0.15) is 11.3 Å². The highest BCUT2D eigenvalue weighted by atomic mass is 35.5. The van der Waals surface area contributed by atoms with E-state index in [2.05, 4.69) is 4.74 Å². The van der Waals surface area contributed by atoms with Gasteiger partial charge in [0.15, 0.2) is 0 Å². The quantitative estimate of drug-likeness (QED) is 0.510. The summed E-state index contributed by atoms with van der Waals surface area (Å²) in [6.45, 7) is -0.356. The minimum Gasteiger partial charge on any atom is -0.435 e. The molecule has 0 spiro atoms. The SMILES string of the molecule is Cc1ccc(S(=O)(=O)c2cccc(OC(F)F)c2)cc1N1CCCCC1Cl. The zero-order chi connectivity index (χ0) is 19.6. The van der Waals surface area contributed by atoms with Crippen LogP contribution in [-0.2, 0) is 9.84 Å². The average Bonchev–Trinajstić information content (AvgIpc) is 2.62. The van der Waals surface area contributed by atoms with Crippen molar-refractivity contribution in [3.05, 3.63) is 48.0 Å². The van der Waals surface area contributed by atoms with E-state index in [1.54, 1.807) is 12.1 Å². The van der Waals surface area contributed by atoms with E-state index in [1.165, 1.54) is 24.3 Å². The Labute approximate surface area is 162 Å². The van der Waals surface area contributed by atoms with Gasteiger partial charge in [0.05, 0.1) is 9.79 Å². The largest absolute Gasteiger partial charge is 0.435 e. The lowest BCUT2D eigenvalue weighted by atomic mass is 10.1. The third-order valence-corrected chi connectivity index (χ3v) is 6.77. The van der Waals surface area contributed by atoms with Crippen LogP contribution in [-0.4, -0.2) is 27.1 Å². The van der Waals surface area contributed by atoms with Crippen molar-refractivity contribution in [1.29, 1.82) is 0 Å². The molecule has 2 aromatic rings. The van der Waals surface area contributed by atoms with Crippen LogP contribution in [0.3, 0.4) is 0 Å². The first-order valence-corrected chi connectivity index (χ1v) is 10.5. The molecule has 1 fully saturated rings. The standard InChI is InChI=1S/C19H20ClF2NO3S/c1-13-8-9-16(12-17(13)23-10-3-2-7-18(23)20)27(24,25)15-6-4-5-14(11-15)26-19(21)22/h4-6,8-9,11-12,18-19H,2-3,7,10H2,1H3. The van der Waals surface area contributed by atoms with Crippen LogP contribution in [0.4, 0.5) is 14.5 Å². The number of aryl methyl sites for hydroxylation is 1. The van der Waals surface area contributed by atoms with E-state index in [0.717, 1.165) is 43.1 Å². The van der Waals surface area contributed by atoms with Gasteiger partial charge in [-0.3, -0.25) is 0 Å². The van der Waals surface area contributed by atoms with Gasteiger partial charge in [-0.05, 0) is 62.1 Å². The molecule has 146 valence electrons. The second-order valence-electron chi connectivity index (χ2n) is 6.43. The van der Waals surface area contributed by atoms with Gasteiger partial charge in [-0.25, -0.2) is 8.42 Å². The van der Waals surface area contributed by atoms with Crippen molar-refractivity contribution in [1.82, 2.24) is 0 Å². The summed E-state index contributed by atoms with van der Waals surface area (Å²) in [7, 11) is -3.89. The maximum absolute atomic E-state index is 13.0. The number of piperidine rings is 1. The van der Waals surface area contributed by atoms with Gasteiger partial charge in [0, 0.05) is 12.2 Å². The van der Waals surface area contributed by atoms with E-state index in [-0.39, 0.29) is 21.0 Å². The summed E-state index contributed by atoms with van der Waals surface area (Å²) in [5.74, 6) is -0.199. The van der Waals surface area contributed by atoms with Crippen molar-refractivity contribution >= 4 is 27.1 Å². The molecule has 0 amide bonds. The van der Waals surface area contributed by atoms with Crippen LogP contribution in [0.2, 0.25) is 0 Å². The number of rotatable bonds is 5. The Bertz CT molecular complexity index is 921. The lowest BCUT2D eigenvalue weighted by molar-refractivity contribution is -0.0499. The second-order valence-corrected chi connectivity index (χ2v) is 8.88. The van der Waals surface area contributed by atoms with Crippen molar-refractivity contribution in [2.75, 3.05) is 11.4 Å². The van der Waals surface area contributed by atoms with Gasteiger partial charge in [-0.1, -0.05) is 23.7 Å². The predicted octanol–water partition coefficient (Wildman–Crippen LogP) is 4.98. The summed E-state index contributed by atoms with van der Waals surface area (Å²) in [5.41, 5.74) is 1.52. The van der Waals surface area contributed by atoms with Crippen LogP contribution >= 0.6 is 11.6 Å². The number of nitrogens with zero attached hydrogens (tertiary/aromatic N) is 1. The molecule has 0 N–H and O–H groups in total. The smallest absolute Gasteiger partial charge is 0.387 e. The first kappa shape index (κ1) is 19.9. The normalized spacial score (nSPS) is 18.0. The number of halogens is 3. The molecule has 0 aromatic heterocycles. The first-order valence-electron chi connectivity index (χ1n) is 8.60. The average molecular weight is 416 g/mol. The fourth-order valence-corrected chi connectivity index (χ4v) is 4.85. The van der Waals surface area contributed by atoms with Gasteiger partial charge in [-0.15, -0.1) is 0 Å². The van der Waals surface area contributed by atoms with E-state index in [0.29, 0.717) is 0 Å². The zero-order valence-electron chi connectivity index (χ0n) is 14.7. The van der Waals surface area contributed by atoms with Crippen LogP contribution in [0.1, 0.15) is 24.8 Å². The lowest BCUT2D eigenvalue weighted by Crippen LogP contribution is -2.36. The Morgan fingerprint density at radius 2 is 1.89 bits per heavy atom. The van der Waals surface area contributed by atoms with Crippen molar-refractivity contribution in [3.8, 4) is 5.75 Å². The second kappa shape index (κ2) is 8.02. The summed E-state index contributed by atoms with van der Waals surface area (Å²) in [5, 5.41) is 0. The Kier molecular flexibility index (Phi) is 5.91. The van der Waals surface area contributed by atoms with Gasteiger partial charge in [0.25, 0.3) is 0 Å². The Morgan fingerprint density at radius 1 is 1.15 bits per heavy atom. The van der Waals surface area contributed by atoms with Gasteiger partial charge in [0.2, 0.25) is 9.84 Å². The number of ether oxygens (including phenoxy) is 1. The molecule has 8 heteroatoms. The number of benzene rings is 2. The molecule has 0 saturated carbocycles. The number of hydrogen-bond donors (Lipinski definition) is 0. The first-order chi connectivity index (χ1) is 12.8. The number of alkyl halides is 3. The third kappa shape index (κ3) is 4.35. The molecule has 27 heavy (non-hydrogen) atoms. The summed E-state index contributed by atoms with van der Waals surface area (Å²) in [6, 6.07) is 9.98.